The number of thioether (sulfide) groups is 1. The van der Waals surface area contributed by atoms with E-state index in [4.69, 9.17) is 11.6 Å². The minimum atomic E-state index is -0.127. The molecule has 0 radical (unpaired) electrons. The molecule has 1 fully saturated rings. The summed E-state index contributed by atoms with van der Waals surface area (Å²) in [6.45, 7) is 6.14. The number of hydrogen-bond donors (Lipinski definition) is 2. The van der Waals surface area contributed by atoms with Crippen LogP contribution in [0.25, 0.3) is 0 Å². The maximum absolute atomic E-state index is 12.3. The van der Waals surface area contributed by atoms with Crippen molar-refractivity contribution < 1.29 is 9.59 Å². The average molecular weight is 462 g/mol. The fraction of sp³-hybridized carbons (Fsp3) is 0.455. The Kier molecular flexibility index (Phi) is 8.54. The molecule has 7 nitrogen and oxygen atoms in total. The second-order valence-corrected chi connectivity index (χ2v) is 8.96. The number of aromatic nitrogens is 2. The van der Waals surface area contributed by atoms with Gasteiger partial charge in [0.15, 0.2) is 5.82 Å². The molecule has 9 heteroatoms. The van der Waals surface area contributed by atoms with Gasteiger partial charge in [-0.05, 0) is 56.0 Å². The summed E-state index contributed by atoms with van der Waals surface area (Å²) in [4.78, 5) is 26.7. The number of halogens is 1. The summed E-state index contributed by atoms with van der Waals surface area (Å²) in [6, 6.07) is 9.20. The smallest absolute Gasteiger partial charge is 0.234 e. The van der Waals surface area contributed by atoms with Gasteiger partial charge in [0.05, 0.1) is 11.7 Å². The third-order valence-electron chi connectivity index (χ3n) is 5.18. The molecule has 2 heterocycles. The van der Waals surface area contributed by atoms with Gasteiger partial charge in [-0.2, -0.15) is 0 Å². The summed E-state index contributed by atoms with van der Waals surface area (Å²) in [7, 11) is 0. The lowest BCUT2D eigenvalue weighted by Crippen LogP contribution is -2.43. The Morgan fingerprint density at radius 3 is 2.84 bits per heavy atom. The number of nitrogens with zero attached hydrogens (tertiary/aromatic N) is 3. The van der Waals surface area contributed by atoms with Crippen LogP contribution in [0, 0.1) is 12.8 Å². The molecule has 0 bridgehead atoms. The highest BCUT2D eigenvalue weighted by Gasteiger charge is 2.26. The highest BCUT2D eigenvalue weighted by molar-refractivity contribution is 7.99. The molecule has 0 aliphatic carbocycles. The molecule has 31 heavy (non-hydrogen) atoms. The number of amides is 2. The maximum atomic E-state index is 12.3. The maximum Gasteiger partial charge on any atom is 0.234 e. The predicted octanol–water partition coefficient (Wildman–Crippen LogP) is 3.91. The predicted molar refractivity (Wildman–Crippen MR) is 126 cm³/mol. The Morgan fingerprint density at radius 2 is 2.10 bits per heavy atom. The van der Waals surface area contributed by atoms with E-state index >= 15 is 0 Å². The highest BCUT2D eigenvalue weighted by Crippen LogP contribution is 2.25. The SMILES string of the molecule is CCCNC(=O)[C@H]1CCCN(c2ccc(SCC(=O)Nc3cccc(Cl)c3C)nn2)C1. The lowest BCUT2D eigenvalue weighted by atomic mass is 9.97. The van der Waals surface area contributed by atoms with Crippen LogP contribution in [0.4, 0.5) is 11.5 Å². The summed E-state index contributed by atoms with van der Waals surface area (Å²) in [5.74, 6) is 0.959. The Balaban J connectivity index is 1.51. The van der Waals surface area contributed by atoms with Gasteiger partial charge in [0, 0.05) is 30.3 Å². The highest BCUT2D eigenvalue weighted by atomic mass is 35.5. The number of anilines is 2. The standard InChI is InChI=1S/C22H28ClN5O2S/c1-3-11-24-22(30)16-6-5-12-28(13-16)19-9-10-21(27-26-19)31-14-20(29)25-18-8-4-7-17(23)15(18)2/h4,7-10,16H,3,5-6,11-14H2,1-2H3,(H,24,30)(H,25,29)/t16-/m0/s1. The molecular formula is C22H28ClN5O2S. The zero-order valence-electron chi connectivity index (χ0n) is 17.9. The van der Waals surface area contributed by atoms with Gasteiger partial charge in [-0.15, -0.1) is 10.2 Å². The molecule has 0 spiro atoms. The molecule has 166 valence electrons. The summed E-state index contributed by atoms with van der Waals surface area (Å²) in [5, 5.41) is 15.7. The van der Waals surface area contributed by atoms with Crippen molar-refractivity contribution in [3.05, 3.63) is 40.9 Å². The summed E-state index contributed by atoms with van der Waals surface area (Å²) in [5.41, 5.74) is 1.55. The number of hydrogen-bond acceptors (Lipinski definition) is 6. The van der Waals surface area contributed by atoms with Gasteiger partial charge >= 0.3 is 0 Å². The van der Waals surface area contributed by atoms with Crippen molar-refractivity contribution >= 4 is 46.7 Å². The molecule has 1 atom stereocenters. The topological polar surface area (TPSA) is 87.2 Å². The average Bonchev–Trinajstić information content (AvgIpc) is 2.79. The Morgan fingerprint density at radius 1 is 1.26 bits per heavy atom. The van der Waals surface area contributed by atoms with Crippen LogP contribution in [0.2, 0.25) is 5.02 Å². The van der Waals surface area contributed by atoms with E-state index in [0.717, 1.165) is 37.2 Å². The second kappa shape index (κ2) is 11.3. The lowest BCUT2D eigenvalue weighted by molar-refractivity contribution is -0.125. The van der Waals surface area contributed by atoms with E-state index in [1.807, 2.05) is 32.0 Å². The van der Waals surface area contributed by atoms with Crippen LogP contribution in [0.15, 0.2) is 35.4 Å². The Bertz CT molecular complexity index is 909. The third kappa shape index (κ3) is 6.58. The third-order valence-corrected chi connectivity index (χ3v) is 6.51. The zero-order valence-corrected chi connectivity index (χ0v) is 19.4. The molecule has 1 saturated heterocycles. The molecule has 2 aromatic rings. The van der Waals surface area contributed by atoms with Gasteiger partial charge in [0.1, 0.15) is 5.03 Å². The molecule has 1 aromatic carbocycles. The van der Waals surface area contributed by atoms with E-state index in [-0.39, 0.29) is 23.5 Å². The van der Waals surface area contributed by atoms with Crippen molar-refractivity contribution in [3.63, 3.8) is 0 Å². The monoisotopic (exact) mass is 461 g/mol. The van der Waals surface area contributed by atoms with Gasteiger partial charge < -0.3 is 15.5 Å². The lowest BCUT2D eigenvalue weighted by Gasteiger charge is -2.32. The van der Waals surface area contributed by atoms with Gasteiger partial charge in [-0.3, -0.25) is 9.59 Å². The van der Waals surface area contributed by atoms with E-state index in [0.29, 0.717) is 28.8 Å². The molecule has 1 aliphatic heterocycles. The van der Waals surface area contributed by atoms with Crippen LogP contribution in [0.1, 0.15) is 31.7 Å². The zero-order chi connectivity index (χ0) is 22.2. The molecule has 0 saturated carbocycles. The molecule has 1 aromatic heterocycles. The fourth-order valence-electron chi connectivity index (χ4n) is 3.42. The van der Waals surface area contributed by atoms with Crippen molar-refractivity contribution in [1.29, 1.82) is 0 Å². The molecule has 3 rings (SSSR count). The van der Waals surface area contributed by atoms with Crippen LogP contribution in [0.3, 0.4) is 0 Å². The quantitative estimate of drug-likeness (QED) is 0.579. The minimum absolute atomic E-state index is 0.0187. The van der Waals surface area contributed by atoms with Gasteiger partial charge in [0.2, 0.25) is 11.8 Å². The van der Waals surface area contributed by atoms with Crippen molar-refractivity contribution in [2.24, 2.45) is 5.92 Å². The van der Waals surface area contributed by atoms with Crippen molar-refractivity contribution in [1.82, 2.24) is 15.5 Å². The van der Waals surface area contributed by atoms with Crippen molar-refractivity contribution in [3.8, 4) is 0 Å². The number of carbonyl (C=O) groups excluding carboxylic acids is 2. The summed E-state index contributed by atoms with van der Waals surface area (Å²) < 4.78 is 0. The van der Waals surface area contributed by atoms with Gasteiger partial charge in [-0.1, -0.05) is 36.4 Å². The number of carbonyl (C=O) groups is 2. The minimum Gasteiger partial charge on any atom is -0.356 e. The van der Waals surface area contributed by atoms with Gasteiger partial charge in [-0.25, -0.2) is 0 Å². The van der Waals surface area contributed by atoms with E-state index < -0.39 is 0 Å². The first-order valence-electron chi connectivity index (χ1n) is 10.5. The van der Waals surface area contributed by atoms with E-state index in [1.165, 1.54) is 11.8 Å². The van der Waals surface area contributed by atoms with Crippen molar-refractivity contribution in [2.45, 2.75) is 38.1 Å². The van der Waals surface area contributed by atoms with Crippen LogP contribution in [0.5, 0.6) is 0 Å². The first-order valence-corrected chi connectivity index (χ1v) is 11.9. The molecule has 2 amide bonds. The van der Waals surface area contributed by atoms with Crippen LogP contribution >= 0.6 is 23.4 Å². The molecule has 1 aliphatic rings. The number of nitrogens with one attached hydrogen (secondary N) is 2. The number of benzene rings is 1. The first-order chi connectivity index (χ1) is 15.0. The molecular weight excluding hydrogens is 434 g/mol. The van der Waals surface area contributed by atoms with Gasteiger partial charge in [0.25, 0.3) is 0 Å². The van der Waals surface area contributed by atoms with Crippen LogP contribution in [-0.4, -0.2) is 47.4 Å². The largest absolute Gasteiger partial charge is 0.356 e. The fourth-order valence-corrected chi connectivity index (χ4v) is 4.21. The summed E-state index contributed by atoms with van der Waals surface area (Å²) in [6.07, 6.45) is 2.78. The first kappa shape index (κ1) is 23.3. The summed E-state index contributed by atoms with van der Waals surface area (Å²) >= 11 is 7.42. The molecule has 2 N–H and O–H groups in total. The second-order valence-electron chi connectivity index (χ2n) is 7.56. The Labute approximate surface area is 192 Å². The number of piperidine rings is 1. The Hall–Kier alpha value is -2.32. The van der Waals surface area contributed by atoms with E-state index in [9.17, 15) is 9.59 Å². The van der Waals surface area contributed by atoms with Crippen molar-refractivity contribution in [2.75, 3.05) is 35.6 Å². The molecule has 0 unspecified atom stereocenters. The van der Waals surface area contributed by atoms with E-state index in [1.54, 1.807) is 12.1 Å². The normalized spacial score (nSPS) is 16.1. The number of rotatable bonds is 8. The van der Waals surface area contributed by atoms with E-state index in [2.05, 4.69) is 25.7 Å². The van der Waals surface area contributed by atoms with Crippen LogP contribution < -0.4 is 15.5 Å². The van der Waals surface area contributed by atoms with Crippen LogP contribution in [-0.2, 0) is 9.59 Å².